The molecule has 7 aromatic rings. The van der Waals surface area contributed by atoms with Gasteiger partial charge in [0.25, 0.3) is 0 Å². The SMILES string of the molecule is N#Cc1ccc2c3ccccc3n(-c3cccc4c3oc3ccc(-c5cccc6c5OC5C=CC=CC65)cc34)c2c1. The molecule has 0 amide bonds. The normalized spacial score (nSPS) is 17.2. The fourth-order valence-electron chi connectivity index (χ4n) is 6.72. The lowest BCUT2D eigenvalue weighted by molar-refractivity contribution is 0.270. The third-order valence-corrected chi connectivity index (χ3v) is 8.57. The minimum absolute atomic E-state index is 0.0463. The van der Waals surface area contributed by atoms with Crippen molar-refractivity contribution >= 4 is 43.7 Å². The fourth-order valence-corrected chi connectivity index (χ4v) is 6.72. The van der Waals surface area contributed by atoms with E-state index in [1.165, 1.54) is 5.56 Å². The van der Waals surface area contributed by atoms with Crippen LogP contribution in [0.4, 0.5) is 0 Å². The van der Waals surface area contributed by atoms with E-state index in [1.54, 1.807) is 0 Å². The average Bonchev–Trinajstić information content (AvgIpc) is 3.70. The van der Waals surface area contributed by atoms with Gasteiger partial charge in [0.05, 0.1) is 28.4 Å². The number of hydrogen-bond donors (Lipinski definition) is 0. The van der Waals surface area contributed by atoms with Crippen molar-refractivity contribution in [1.82, 2.24) is 4.57 Å². The van der Waals surface area contributed by atoms with Crippen LogP contribution in [0.15, 0.2) is 126 Å². The number of aromatic nitrogens is 1. The second-order valence-corrected chi connectivity index (χ2v) is 10.8. The Kier molecular flexibility index (Phi) is 4.48. The zero-order valence-electron chi connectivity index (χ0n) is 21.9. The first-order valence-corrected chi connectivity index (χ1v) is 13.8. The molecule has 2 atom stereocenters. The van der Waals surface area contributed by atoms with Crippen molar-refractivity contribution in [1.29, 1.82) is 5.26 Å². The van der Waals surface area contributed by atoms with Crippen LogP contribution in [-0.2, 0) is 0 Å². The monoisotopic (exact) mass is 526 g/mol. The van der Waals surface area contributed by atoms with Crippen LogP contribution in [0.2, 0.25) is 0 Å². The van der Waals surface area contributed by atoms with E-state index in [0.717, 1.165) is 66.3 Å². The molecular formula is C37H22N2O2. The minimum Gasteiger partial charge on any atom is -0.484 e. The third kappa shape index (κ3) is 3.09. The third-order valence-electron chi connectivity index (χ3n) is 8.57. The predicted molar refractivity (Wildman–Crippen MR) is 164 cm³/mol. The summed E-state index contributed by atoms with van der Waals surface area (Å²) >= 11 is 0. The highest BCUT2D eigenvalue weighted by Crippen LogP contribution is 2.47. The van der Waals surface area contributed by atoms with Gasteiger partial charge in [-0.1, -0.05) is 78.9 Å². The molecule has 0 bridgehead atoms. The van der Waals surface area contributed by atoms with Gasteiger partial charge in [0.1, 0.15) is 17.4 Å². The van der Waals surface area contributed by atoms with Crippen LogP contribution < -0.4 is 4.74 Å². The molecule has 9 rings (SSSR count). The van der Waals surface area contributed by atoms with Crippen LogP contribution in [-0.4, -0.2) is 10.7 Å². The molecule has 3 heterocycles. The molecule has 5 aromatic carbocycles. The molecule has 2 aromatic heterocycles. The number of nitriles is 1. The van der Waals surface area contributed by atoms with Gasteiger partial charge in [0, 0.05) is 38.6 Å². The molecule has 192 valence electrons. The Labute approximate surface area is 235 Å². The Morgan fingerprint density at radius 2 is 1.56 bits per heavy atom. The van der Waals surface area contributed by atoms with E-state index < -0.39 is 0 Å². The molecule has 0 spiro atoms. The van der Waals surface area contributed by atoms with Gasteiger partial charge >= 0.3 is 0 Å². The number of fused-ring (bicyclic) bond motifs is 9. The highest BCUT2D eigenvalue weighted by molar-refractivity contribution is 6.13. The van der Waals surface area contributed by atoms with Crippen molar-refractivity contribution in [2.45, 2.75) is 12.0 Å². The number of furan rings is 1. The predicted octanol–water partition coefficient (Wildman–Crippen LogP) is 9.19. The van der Waals surface area contributed by atoms with Gasteiger partial charge < -0.3 is 13.7 Å². The minimum atomic E-state index is 0.0463. The standard InChI is InChI=1S/C37H22N2O2/c38-21-22-15-17-26-25-7-1-3-12-31(25)39(33(26)19-22)32-13-6-11-29-30-20-23(16-18-35(30)41-37(29)32)24-9-5-10-28-27-8-2-4-14-34(27)40-36(24)28/h1-20,27,34H. The van der Waals surface area contributed by atoms with Crippen LogP contribution in [0.25, 0.3) is 60.6 Å². The number of ether oxygens (including phenoxy) is 1. The summed E-state index contributed by atoms with van der Waals surface area (Å²) in [4.78, 5) is 0. The molecular weight excluding hydrogens is 504 g/mol. The number of nitrogens with zero attached hydrogens (tertiary/aromatic N) is 2. The molecule has 0 N–H and O–H groups in total. The summed E-state index contributed by atoms with van der Waals surface area (Å²) < 4.78 is 15.3. The highest BCUT2D eigenvalue weighted by Gasteiger charge is 2.33. The molecule has 4 nitrogen and oxygen atoms in total. The van der Waals surface area contributed by atoms with Crippen LogP contribution >= 0.6 is 0 Å². The van der Waals surface area contributed by atoms with Crippen LogP contribution in [0.5, 0.6) is 5.75 Å². The quantitative estimate of drug-likeness (QED) is 0.226. The van der Waals surface area contributed by atoms with E-state index in [-0.39, 0.29) is 12.0 Å². The second kappa shape index (κ2) is 8.24. The molecule has 0 fully saturated rings. The van der Waals surface area contributed by atoms with Gasteiger partial charge in [-0.3, -0.25) is 0 Å². The van der Waals surface area contributed by atoms with E-state index in [4.69, 9.17) is 9.15 Å². The number of rotatable bonds is 2. The Balaban J connectivity index is 1.27. The van der Waals surface area contributed by atoms with Crippen LogP contribution in [0.3, 0.4) is 0 Å². The van der Waals surface area contributed by atoms with Gasteiger partial charge in [-0.15, -0.1) is 0 Å². The van der Waals surface area contributed by atoms with E-state index in [2.05, 4.69) is 114 Å². The van der Waals surface area contributed by atoms with Crippen molar-refractivity contribution < 1.29 is 9.15 Å². The number of para-hydroxylation sites is 3. The first-order valence-electron chi connectivity index (χ1n) is 13.8. The summed E-state index contributed by atoms with van der Waals surface area (Å²) in [5.41, 5.74) is 8.73. The topological polar surface area (TPSA) is 51.1 Å². The summed E-state index contributed by atoms with van der Waals surface area (Å²) in [6.07, 6.45) is 8.57. The maximum Gasteiger partial charge on any atom is 0.159 e. The first kappa shape index (κ1) is 22.3. The van der Waals surface area contributed by atoms with Crippen molar-refractivity contribution in [3.05, 3.63) is 132 Å². The van der Waals surface area contributed by atoms with E-state index >= 15 is 0 Å². The van der Waals surface area contributed by atoms with Crippen molar-refractivity contribution in [2.24, 2.45) is 0 Å². The summed E-state index contributed by atoms with van der Waals surface area (Å²) in [5, 5.41) is 14.0. The second-order valence-electron chi connectivity index (χ2n) is 10.8. The maximum atomic E-state index is 9.65. The smallest absolute Gasteiger partial charge is 0.159 e. The van der Waals surface area contributed by atoms with Gasteiger partial charge in [-0.2, -0.15) is 5.26 Å². The molecule has 4 heteroatoms. The van der Waals surface area contributed by atoms with Gasteiger partial charge in [0.2, 0.25) is 0 Å². The zero-order valence-corrected chi connectivity index (χ0v) is 21.9. The average molecular weight is 527 g/mol. The van der Waals surface area contributed by atoms with Crippen LogP contribution in [0, 0.1) is 11.3 Å². The van der Waals surface area contributed by atoms with Crippen molar-refractivity contribution in [2.75, 3.05) is 0 Å². The molecule has 1 aliphatic carbocycles. The first-order chi connectivity index (χ1) is 20.3. The molecule has 0 saturated heterocycles. The van der Waals surface area contributed by atoms with Gasteiger partial charge in [-0.05, 0) is 48.0 Å². The molecule has 0 saturated carbocycles. The van der Waals surface area contributed by atoms with E-state index in [0.29, 0.717) is 5.56 Å². The van der Waals surface area contributed by atoms with E-state index in [9.17, 15) is 5.26 Å². The number of benzene rings is 5. The molecule has 2 aliphatic rings. The van der Waals surface area contributed by atoms with Gasteiger partial charge in [0.15, 0.2) is 5.58 Å². The van der Waals surface area contributed by atoms with Gasteiger partial charge in [-0.25, -0.2) is 0 Å². The number of hydrogen-bond acceptors (Lipinski definition) is 3. The lowest BCUT2D eigenvalue weighted by atomic mass is 9.90. The summed E-state index contributed by atoms with van der Waals surface area (Å²) in [5.74, 6) is 1.22. The van der Waals surface area contributed by atoms with Crippen molar-refractivity contribution in [3.63, 3.8) is 0 Å². The lowest BCUT2D eigenvalue weighted by Gasteiger charge is -2.14. The molecule has 41 heavy (non-hydrogen) atoms. The summed E-state index contributed by atoms with van der Waals surface area (Å²) in [7, 11) is 0. The Bertz CT molecular complexity index is 2330. The Morgan fingerprint density at radius 1 is 0.707 bits per heavy atom. The Morgan fingerprint density at radius 3 is 2.51 bits per heavy atom. The zero-order chi connectivity index (χ0) is 27.1. The lowest BCUT2D eigenvalue weighted by Crippen LogP contribution is -2.15. The molecule has 2 unspecified atom stereocenters. The summed E-state index contributed by atoms with van der Waals surface area (Å²) in [6, 6.07) is 35.7. The van der Waals surface area contributed by atoms with E-state index in [1.807, 2.05) is 18.2 Å². The Hall–Kier alpha value is -5.53. The highest BCUT2D eigenvalue weighted by atomic mass is 16.5. The van der Waals surface area contributed by atoms with Crippen molar-refractivity contribution in [3.8, 4) is 28.6 Å². The largest absolute Gasteiger partial charge is 0.484 e. The molecule has 1 aliphatic heterocycles. The summed E-state index contributed by atoms with van der Waals surface area (Å²) in [6.45, 7) is 0. The maximum absolute atomic E-state index is 9.65. The fraction of sp³-hybridized carbons (Fsp3) is 0.0541. The van der Waals surface area contributed by atoms with Crippen LogP contribution in [0.1, 0.15) is 17.0 Å². The number of allylic oxidation sites excluding steroid dienone is 2. The molecule has 0 radical (unpaired) electrons.